The molecule has 6 aliphatic heterocycles. The van der Waals surface area contributed by atoms with Crippen molar-refractivity contribution < 1.29 is 28.7 Å². The molecular formula is C16H12N2O6. The number of carbonyl (C=O) groups is 4. The van der Waals surface area contributed by atoms with Crippen LogP contribution in [0.1, 0.15) is 0 Å². The maximum atomic E-state index is 12.8. The summed E-state index contributed by atoms with van der Waals surface area (Å²) in [6.45, 7) is 0. The first-order chi connectivity index (χ1) is 11.6. The van der Waals surface area contributed by atoms with Gasteiger partial charge in [-0.15, -0.1) is 0 Å². The van der Waals surface area contributed by atoms with Gasteiger partial charge in [-0.3, -0.25) is 19.2 Å². The molecule has 6 rings (SSSR count). The Hall–Kier alpha value is -2.32. The number of fused-ring (bicyclic) bond motifs is 10. The summed E-state index contributed by atoms with van der Waals surface area (Å²) in [4.78, 5) is 51.0. The SMILES string of the molecule is O=C1[C@@H]2[C@H](C(=O)N1N1C(=O)[C@@H]3[C@H](C1=O)[C@H]1C=C[C@H]3O1)[C@@H]1C=C[C@@H]2O1. The van der Waals surface area contributed by atoms with Gasteiger partial charge in [-0.1, -0.05) is 24.3 Å². The number of carbonyl (C=O) groups excluding carboxylic acids is 4. The lowest BCUT2D eigenvalue weighted by Crippen LogP contribution is -2.52. The summed E-state index contributed by atoms with van der Waals surface area (Å²) in [5, 5.41) is 1.54. The van der Waals surface area contributed by atoms with Crippen molar-refractivity contribution in [1.29, 1.82) is 0 Å². The Labute approximate surface area is 135 Å². The Morgan fingerprint density at radius 2 is 0.792 bits per heavy atom. The van der Waals surface area contributed by atoms with Gasteiger partial charge in [0.1, 0.15) is 0 Å². The zero-order chi connectivity index (χ0) is 16.3. The van der Waals surface area contributed by atoms with Crippen LogP contribution in [0.4, 0.5) is 0 Å². The molecule has 0 aromatic carbocycles. The van der Waals surface area contributed by atoms with Crippen molar-refractivity contribution in [2.24, 2.45) is 23.7 Å². The van der Waals surface area contributed by atoms with Crippen LogP contribution in [-0.2, 0) is 28.7 Å². The summed E-state index contributed by atoms with van der Waals surface area (Å²) in [7, 11) is 0. The van der Waals surface area contributed by atoms with Crippen molar-refractivity contribution >= 4 is 23.6 Å². The number of amides is 4. The highest BCUT2D eigenvalue weighted by molar-refractivity contribution is 6.14. The van der Waals surface area contributed by atoms with Crippen LogP contribution in [0.15, 0.2) is 24.3 Å². The Balaban J connectivity index is 1.39. The molecule has 4 saturated heterocycles. The van der Waals surface area contributed by atoms with E-state index >= 15 is 0 Å². The zero-order valence-electron chi connectivity index (χ0n) is 12.3. The molecule has 4 amide bonds. The molecule has 0 spiro atoms. The first kappa shape index (κ1) is 13.0. The minimum absolute atomic E-state index is 0.449. The number of nitrogens with zero attached hydrogens (tertiary/aromatic N) is 2. The second kappa shape index (κ2) is 3.84. The van der Waals surface area contributed by atoms with E-state index in [1.165, 1.54) is 0 Å². The molecule has 0 saturated carbocycles. The predicted octanol–water partition coefficient (Wildman–Crippen LogP) is -1.22. The number of hydrogen-bond acceptors (Lipinski definition) is 6. The van der Waals surface area contributed by atoms with E-state index in [0.717, 1.165) is 10.0 Å². The third-order valence-corrected chi connectivity index (χ3v) is 5.97. The van der Waals surface area contributed by atoms with Crippen LogP contribution in [0.3, 0.4) is 0 Å². The second-order valence-electron chi connectivity index (χ2n) is 6.98. The molecule has 4 bridgehead atoms. The predicted molar refractivity (Wildman–Crippen MR) is 73.3 cm³/mol. The van der Waals surface area contributed by atoms with Crippen molar-refractivity contribution in [3.05, 3.63) is 24.3 Å². The molecular weight excluding hydrogens is 316 g/mol. The third kappa shape index (κ3) is 1.20. The largest absolute Gasteiger partial charge is 0.365 e. The Morgan fingerprint density at radius 1 is 0.542 bits per heavy atom. The van der Waals surface area contributed by atoms with Gasteiger partial charge in [0.25, 0.3) is 23.6 Å². The van der Waals surface area contributed by atoms with Crippen LogP contribution < -0.4 is 0 Å². The number of imide groups is 2. The van der Waals surface area contributed by atoms with E-state index in [0.29, 0.717) is 0 Å². The summed E-state index contributed by atoms with van der Waals surface area (Å²) >= 11 is 0. The Kier molecular flexibility index (Phi) is 2.08. The Bertz CT molecular complexity index is 676. The molecule has 8 nitrogen and oxygen atoms in total. The molecule has 4 fully saturated rings. The smallest absolute Gasteiger partial charge is 0.255 e. The van der Waals surface area contributed by atoms with Gasteiger partial charge in [0.05, 0.1) is 48.1 Å². The van der Waals surface area contributed by atoms with Gasteiger partial charge in [-0.05, 0) is 0 Å². The number of hydrogen-bond donors (Lipinski definition) is 0. The minimum Gasteiger partial charge on any atom is -0.365 e. The first-order valence-corrected chi connectivity index (χ1v) is 8.01. The van der Waals surface area contributed by atoms with Crippen molar-refractivity contribution in [3.8, 4) is 0 Å². The molecule has 0 aromatic rings. The van der Waals surface area contributed by atoms with Gasteiger partial charge in [-0.25, -0.2) is 0 Å². The average Bonchev–Trinajstić information content (AvgIpc) is 3.36. The number of ether oxygens (including phenoxy) is 2. The number of hydrazine groups is 1. The molecule has 8 heteroatoms. The van der Waals surface area contributed by atoms with Crippen LogP contribution in [0.5, 0.6) is 0 Å². The summed E-state index contributed by atoms with van der Waals surface area (Å²) in [5.41, 5.74) is 0. The monoisotopic (exact) mass is 328 g/mol. The summed E-state index contributed by atoms with van der Waals surface area (Å²) in [6.07, 6.45) is 5.26. The van der Waals surface area contributed by atoms with Crippen LogP contribution in [-0.4, -0.2) is 58.1 Å². The van der Waals surface area contributed by atoms with Crippen LogP contribution >= 0.6 is 0 Å². The van der Waals surface area contributed by atoms with Crippen molar-refractivity contribution in [2.45, 2.75) is 24.4 Å². The lowest BCUT2D eigenvalue weighted by Gasteiger charge is -2.26. The maximum absolute atomic E-state index is 12.8. The lowest BCUT2D eigenvalue weighted by molar-refractivity contribution is -0.176. The quantitative estimate of drug-likeness (QED) is 0.442. The van der Waals surface area contributed by atoms with E-state index in [4.69, 9.17) is 9.47 Å². The molecule has 6 aliphatic rings. The molecule has 0 unspecified atom stereocenters. The van der Waals surface area contributed by atoms with E-state index in [2.05, 4.69) is 0 Å². The average molecular weight is 328 g/mol. The second-order valence-corrected chi connectivity index (χ2v) is 6.98. The highest BCUT2D eigenvalue weighted by atomic mass is 16.5. The highest BCUT2D eigenvalue weighted by Crippen LogP contribution is 2.49. The highest BCUT2D eigenvalue weighted by Gasteiger charge is 2.68. The standard InChI is InChI=1S/C16H12N2O6/c19-13-9-5-1-2-6(23-5)10(9)14(20)17(13)18-15(21)11-7-3-4-8(24-7)12(11)16(18)22/h1-12H/t5-,6-,7+,8+,9-,10+,11-,12+. The molecule has 0 aliphatic carbocycles. The van der Waals surface area contributed by atoms with E-state index in [-0.39, 0.29) is 0 Å². The third-order valence-electron chi connectivity index (χ3n) is 5.97. The molecule has 122 valence electrons. The van der Waals surface area contributed by atoms with E-state index in [1.807, 2.05) is 0 Å². The minimum atomic E-state index is -0.639. The van der Waals surface area contributed by atoms with Crippen molar-refractivity contribution in [1.82, 2.24) is 10.0 Å². The molecule has 0 radical (unpaired) electrons. The molecule has 0 N–H and O–H groups in total. The van der Waals surface area contributed by atoms with Crippen molar-refractivity contribution in [2.75, 3.05) is 0 Å². The first-order valence-electron chi connectivity index (χ1n) is 8.01. The summed E-state index contributed by atoms with van der Waals surface area (Å²) < 4.78 is 11.1. The fraction of sp³-hybridized carbons (Fsp3) is 0.500. The van der Waals surface area contributed by atoms with Crippen LogP contribution in [0.25, 0.3) is 0 Å². The van der Waals surface area contributed by atoms with Crippen LogP contribution in [0, 0.1) is 23.7 Å². The molecule has 0 aromatic heterocycles. The Morgan fingerprint density at radius 3 is 1.04 bits per heavy atom. The van der Waals surface area contributed by atoms with E-state index < -0.39 is 71.7 Å². The summed E-state index contributed by atoms with van der Waals surface area (Å²) in [6, 6.07) is 0. The van der Waals surface area contributed by atoms with Gasteiger partial charge in [0.15, 0.2) is 0 Å². The fourth-order valence-corrected chi connectivity index (χ4v) is 4.97. The van der Waals surface area contributed by atoms with E-state index in [9.17, 15) is 19.2 Å². The molecule has 24 heavy (non-hydrogen) atoms. The fourth-order valence-electron chi connectivity index (χ4n) is 4.97. The van der Waals surface area contributed by atoms with Gasteiger partial charge in [0, 0.05) is 0 Å². The molecule has 8 atom stereocenters. The van der Waals surface area contributed by atoms with E-state index in [1.54, 1.807) is 24.3 Å². The van der Waals surface area contributed by atoms with Gasteiger partial charge < -0.3 is 9.47 Å². The van der Waals surface area contributed by atoms with Gasteiger partial charge in [-0.2, -0.15) is 10.0 Å². The van der Waals surface area contributed by atoms with Gasteiger partial charge >= 0.3 is 0 Å². The zero-order valence-corrected chi connectivity index (χ0v) is 12.3. The normalized spacial score (nSPS) is 50.0. The van der Waals surface area contributed by atoms with Crippen molar-refractivity contribution in [3.63, 3.8) is 0 Å². The lowest BCUT2D eigenvalue weighted by atomic mass is 9.85. The number of rotatable bonds is 1. The topological polar surface area (TPSA) is 93.2 Å². The van der Waals surface area contributed by atoms with Gasteiger partial charge in [0.2, 0.25) is 0 Å². The maximum Gasteiger partial charge on any atom is 0.255 e. The summed E-state index contributed by atoms with van der Waals surface area (Å²) in [5.74, 6) is -4.65. The molecule has 6 heterocycles. The van der Waals surface area contributed by atoms with Crippen LogP contribution in [0.2, 0.25) is 0 Å².